The van der Waals surface area contributed by atoms with Crippen LogP contribution in [-0.4, -0.2) is 11.9 Å². The van der Waals surface area contributed by atoms with Crippen molar-refractivity contribution in [3.8, 4) is 0 Å². The Kier molecular flexibility index (Phi) is 4.62. The molecule has 3 amide bonds. The average Bonchev–Trinajstić information content (AvgIpc) is 2.96. The van der Waals surface area contributed by atoms with Crippen LogP contribution >= 0.6 is 11.3 Å². The van der Waals surface area contributed by atoms with Gasteiger partial charge < -0.3 is 5.32 Å². The Morgan fingerprint density at radius 3 is 2.74 bits per heavy atom. The van der Waals surface area contributed by atoms with Gasteiger partial charge in [-0.2, -0.15) is 0 Å². The zero-order valence-corrected chi connectivity index (χ0v) is 13.7. The van der Waals surface area contributed by atoms with Gasteiger partial charge in [-0.25, -0.2) is 10.2 Å². The van der Waals surface area contributed by atoms with Crippen molar-refractivity contribution in [1.29, 1.82) is 0 Å². The minimum absolute atomic E-state index is 0.278. The number of thiophene rings is 1. The maximum absolute atomic E-state index is 12.2. The molecule has 0 radical (unpaired) electrons. The number of carbonyl (C=O) groups is 2. The first kappa shape index (κ1) is 15.6. The van der Waals surface area contributed by atoms with Gasteiger partial charge in [0, 0.05) is 10.6 Å². The molecule has 1 atom stereocenters. The Morgan fingerprint density at radius 2 is 1.96 bits per heavy atom. The van der Waals surface area contributed by atoms with Gasteiger partial charge in [0.1, 0.15) is 0 Å². The molecule has 0 unspecified atom stereocenters. The van der Waals surface area contributed by atoms with Crippen molar-refractivity contribution in [3.05, 3.63) is 51.7 Å². The van der Waals surface area contributed by atoms with E-state index in [-0.39, 0.29) is 5.91 Å². The van der Waals surface area contributed by atoms with E-state index >= 15 is 0 Å². The Bertz CT molecular complexity index is 712. The third-order valence-electron chi connectivity index (χ3n) is 3.88. The van der Waals surface area contributed by atoms with Gasteiger partial charge in [-0.3, -0.25) is 10.2 Å². The number of hydrogen-bond acceptors (Lipinski definition) is 3. The van der Waals surface area contributed by atoms with Crippen LogP contribution in [0.15, 0.2) is 36.4 Å². The smallest absolute Gasteiger partial charge is 0.307 e. The molecular formula is C17H19N3O2S. The highest BCUT2D eigenvalue weighted by Crippen LogP contribution is 2.32. The van der Waals surface area contributed by atoms with Crippen molar-refractivity contribution in [1.82, 2.24) is 10.9 Å². The molecule has 6 heteroatoms. The summed E-state index contributed by atoms with van der Waals surface area (Å²) in [6, 6.07) is 10.5. The van der Waals surface area contributed by atoms with Crippen molar-refractivity contribution in [2.75, 3.05) is 5.32 Å². The molecule has 3 rings (SSSR count). The number of para-hydroxylation sites is 1. The van der Waals surface area contributed by atoms with Crippen molar-refractivity contribution in [2.45, 2.75) is 26.2 Å². The van der Waals surface area contributed by atoms with Crippen LogP contribution in [0.4, 0.5) is 10.5 Å². The van der Waals surface area contributed by atoms with Crippen LogP contribution < -0.4 is 16.2 Å². The number of amides is 3. The summed E-state index contributed by atoms with van der Waals surface area (Å²) in [6.07, 6.45) is 3.24. The maximum atomic E-state index is 12.2. The van der Waals surface area contributed by atoms with E-state index < -0.39 is 6.03 Å². The van der Waals surface area contributed by atoms with Crippen LogP contribution in [0.3, 0.4) is 0 Å². The van der Waals surface area contributed by atoms with Crippen molar-refractivity contribution in [2.24, 2.45) is 5.92 Å². The molecule has 3 N–H and O–H groups in total. The molecule has 1 aliphatic carbocycles. The van der Waals surface area contributed by atoms with Gasteiger partial charge in [0.15, 0.2) is 0 Å². The molecule has 2 aromatic rings. The molecule has 1 aromatic heterocycles. The maximum Gasteiger partial charge on any atom is 0.337 e. The lowest BCUT2D eigenvalue weighted by molar-refractivity contribution is 0.0942. The van der Waals surface area contributed by atoms with Crippen molar-refractivity contribution < 1.29 is 9.59 Å². The van der Waals surface area contributed by atoms with E-state index in [9.17, 15) is 9.59 Å². The van der Waals surface area contributed by atoms with Gasteiger partial charge in [0.05, 0.1) is 4.88 Å². The van der Waals surface area contributed by atoms with E-state index in [0.717, 1.165) is 12.8 Å². The van der Waals surface area contributed by atoms with E-state index in [1.165, 1.54) is 28.2 Å². The molecule has 120 valence electrons. The molecule has 0 saturated heterocycles. The lowest BCUT2D eigenvalue weighted by Crippen LogP contribution is -2.43. The van der Waals surface area contributed by atoms with Crippen LogP contribution in [0, 0.1) is 5.92 Å². The van der Waals surface area contributed by atoms with Gasteiger partial charge in [-0.15, -0.1) is 11.3 Å². The summed E-state index contributed by atoms with van der Waals surface area (Å²) >= 11 is 1.52. The van der Waals surface area contributed by atoms with Crippen LogP contribution in [0.1, 0.15) is 33.5 Å². The second-order valence-corrected chi connectivity index (χ2v) is 6.94. The van der Waals surface area contributed by atoms with Gasteiger partial charge in [0.25, 0.3) is 5.91 Å². The summed E-state index contributed by atoms with van der Waals surface area (Å²) < 4.78 is 0. The molecule has 1 heterocycles. The van der Waals surface area contributed by atoms with E-state index in [1.54, 1.807) is 12.1 Å². The number of urea groups is 1. The van der Waals surface area contributed by atoms with Gasteiger partial charge >= 0.3 is 6.03 Å². The highest BCUT2D eigenvalue weighted by Gasteiger charge is 2.20. The van der Waals surface area contributed by atoms with E-state index in [0.29, 0.717) is 16.5 Å². The first-order chi connectivity index (χ1) is 11.1. The molecule has 1 aromatic carbocycles. The van der Waals surface area contributed by atoms with E-state index in [4.69, 9.17) is 0 Å². The standard InChI is InChI=1S/C17H19N3O2S/c1-11-7-8-12-10-15(23-14(12)9-11)16(21)19-20-17(22)18-13-5-3-2-4-6-13/h2-6,10-11H,7-9H2,1H3,(H,19,21)(H2,18,20,22)/t11-/m1/s1. The monoisotopic (exact) mass is 329 g/mol. The molecule has 0 saturated carbocycles. The van der Waals surface area contributed by atoms with Crippen LogP contribution in [-0.2, 0) is 12.8 Å². The molecule has 0 aliphatic heterocycles. The minimum Gasteiger partial charge on any atom is -0.307 e. The number of hydrazine groups is 1. The topological polar surface area (TPSA) is 70.2 Å². The SMILES string of the molecule is C[C@@H]1CCc2cc(C(=O)NNC(=O)Nc3ccccc3)sc2C1. The number of aryl methyl sites for hydroxylation is 1. The van der Waals surface area contributed by atoms with Crippen LogP contribution in [0.5, 0.6) is 0 Å². The molecular weight excluding hydrogens is 310 g/mol. The van der Waals surface area contributed by atoms with Crippen molar-refractivity contribution >= 4 is 29.0 Å². The normalized spacial score (nSPS) is 16.3. The highest BCUT2D eigenvalue weighted by atomic mass is 32.1. The number of benzene rings is 1. The summed E-state index contributed by atoms with van der Waals surface area (Å²) in [5.74, 6) is 0.395. The fourth-order valence-electron chi connectivity index (χ4n) is 2.64. The quantitative estimate of drug-likeness (QED) is 0.740. The fraction of sp³-hybridized carbons (Fsp3) is 0.294. The highest BCUT2D eigenvalue weighted by molar-refractivity contribution is 7.14. The predicted molar refractivity (Wildman–Crippen MR) is 91.6 cm³/mol. The number of hydrogen-bond donors (Lipinski definition) is 3. The van der Waals surface area contributed by atoms with Crippen LogP contribution in [0.2, 0.25) is 0 Å². The van der Waals surface area contributed by atoms with Crippen LogP contribution in [0.25, 0.3) is 0 Å². The summed E-state index contributed by atoms with van der Waals surface area (Å²) in [4.78, 5) is 25.8. The number of nitrogens with one attached hydrogen (secondary N) is 3. The minimum atomic E-state index is -0.473. The molecule has 5 nitrogen and oxygen atoms in total. The first-order valence-electron chi connectivity index (χ1n) is 7.66. The van der Waals surface area contributed by atoms with Gasteiger partial charge in [-0.05, 0) is 48.9 Å². The second-order valence-electron chi connectivity index (χ2n) is 5.81. The Balaban J connectivity index is 1.54. The average molecular weight is 329 g/mol. The molecule has 0 fully saturated rings. The molecule has 0 spiro atoms. The van der Waals surface area contributed by atoms with Gasteiger partial charge in [-0.1, -0.05) is 25.1 Å². The van der Waals surface area contributed by atoms with E-state index in [2.05, 4.69) is 23.1 Å². The zero-order valence-electron chi connectivity index (χ0n) is 12.9. The fourth-order valence-corrected chi connectivity index (χ4v) is 3.91. The third-order valence-corrected chi connectivity index (χ3v) is 5.08. The molecule has 1 aliphatic rings. The first-order valence-corrected chi connectivity index (χ1v) is 8.47. The predicted octanol–water partition coefficient (Wildman–Crippen LogP) is 3.34. The summed E-state index contributed by atoms with van der Waals surface area (Å²) in [7, 11) is 0. The summed E-state index contributed by atoms with van der Waals surface area (Å²) in [5, 5.41) is 2.64. The second kappa shape index (κ2) is 6.83. The number of fused-ring (bicyclic) bond motifs is 1. The number of anilines is 1. The third kappa shape index (κ3) is 3.90. The molecule has 0 bridgehead atoms. The Hall–Kier alpha value is -2.34. The van der Waals surface area contributed by atoms with Gasteiger partial charge in [0.2, 0.25) is 0 Å². The summed E-state index contributed by atoms with van der Waals surface area (Å²) in [5.41, 5.74) is 6.76. The zero-order chi connectivity index (χ0) is 16.2. The molecule has 23 heavy (non-hydrogen) atoms. The largest absolute Gasteiger partial charge is 0.337 e. The lowest BCUT2D eigenvalue weighted by atomic mass is 9.90. The van der Waals surface area contributed by atoms with Crippen molar-refractivity contribution in [3.63, 3.8) is 0 Å². The summed E-state index contributed by atoms with van der Waals surface area (Å²) in [6.45, 7) is 2.23. The lowest BCUT2D eigenvalue weighted by Gasteiger charge is -2.16. The Morgan fingerprint density at radius 1 is 1.17 bits per heavy atom. The Labute approximate surface area is 139 Å². The number of carbonyl (C=O) groups excluding carboxylic acids is 2. The van der Waals surface area contributed by atoms with E-state index in [1.807, 2.05) is 24.3 Å². The number of rotatable bonds is 2.